The average Bonchev–Trinajstić information content (AvgIpc) is 2.89. The minimum absolute atomic E-state index is 0.0266. The molecular formula is C11H15N7O2. The van der Waals surface area contributed by atoms with Crippen LogP contribution in [0.25, 0.3) is 11.2 Å². The predicted molar refractivity (Wildman–Crippen MR) is 71.9 cm³/mol. The maximum atomic E-state index is 11.2. The molecule has 20 heavy (non-hydrogen) atoms. The largest absolute Gasteiger partial charge is 0.393 e. The Morgan fingerprint density at radius 2 is 2.20 bits per heavy atom. The lowest BCUT2D eigenvalue weighted by Crippen LogP contribution is -2.30. The summed E-state index contributed by atoms with van der Waals surface area (Å²) in [6.07, 6.45) is 4.85. The Balaban J connectivity index is 0.000000178. The number of rotatable bonds is 1. The topological polar surface area (TPSA) is 143 Å². The van der Waals surface area contributed by atoms with Crippen molar-refractivity contribution in [1.82, 2.24) is 25.3 Å². The number of nitriles is 1. The summed E-state index contributed by atoms with van der Waals surface area (Å²) in [6, 6.07) is 0. The predicted octanol–water partition coefficient (Wildman–Crippen LogP) is -0.730. The van der Waals surface area contributed by atoms with E-state index in [4.69, 9.17) is 10.4 Å². The lowest BCUT2D eigenvalue weighted by Gasteiger charge is -2.16. The van der Waals surface area contributed by atoms with E-state index in [-0.39, 0.29) is 23.3 Å². The minimum Gasteiger partial charge on any atom is -0.393 e. The Morgan fingerprint density at radius 3 is 2.80 bits per heavy atom. The Labute approximate surface area is 114 Å². The van der Waals surface area contributed by atoms with Gasteiger partial charge in [0, 0.05) is 0 Å². The van der Waals surface area contributed by atoms with Crippen molar-refractivity contribution in [2.75, 3.05) is 18.4 Å². The Morgan fingerprint density at radius 1 is 1.45 bits per heavy atom. The highest BCUT2D eigenvalue weighted by Crippen LogP contribution is 2.01. The van der Waals surface area contributed by atoms with Crippen LogP contribution in [0.3, 0.4) is 0 Å². The van der Waals surface area contributed by atoms with Crippen molar-refractivity contribution in [2.24, 2.45) is 0 Å². The molecular weight excluding hydrogens is 262 g/mol. The first-order valence-corrected chi connectivity index (χ1v) is 6.18. The summed E-state index contributed by atoms with van der Waals surface area (Å²) in [5.74, 6) is 0.0899. The second kappa shape index (κ2) is 6.65. The van der Waals surface area contributed by atoms with E-state index in [0.29, 0.717) is 5.52 Å². The molecule has 0 radical (unpaired) electrons. The van der Waals surface area contributed by atoms with Gasteiger partial charge in [-0.25, -0.2) is 4.98 Å². The molecule has 0 aliphatic carbocycles. The molecule has 106 valence electrons. The van der Waals surface area contributed by atoms with E-state index in [1.165, 1.54) is 6.33 Å². The van der Waals surface area contributed by atoms with Gasteiger partial charge in [0.25, 0.3) is 5.56 Å². The second-order valence-corrected chi connectivity index (χ2v) is 4.23. The number of imidazole rings is 1. The fraction of sp³-hybridized carbons (Fsp3) is 0.455. The van der Waals surface area contributed by atoms with Gasteiger partial charge in [0.05, 0.1) is 12.4 Å². The summed E-state index contributed by atoms with van der Waals surface area (Å²) >= 11 is 0. The number of anilines is 1. The number of fused-ring (bicyclic) bond motifs is 1. The van der Waals surface area contributed by atoms with E-state index in [0.717, 1.165) is 25.9 Å². The van der Waals surface area contributed by atoms with Crippen LogP contribution in [0.1, 0.15) is 12.8 Å². The van der Waals surface area contributed by atoms with Gasteiger partial charge >= 0.3 is 0 Å². The van der Waals surface area contributed by atoms with Gasteiger partial charge in [0.15, 0.2) is 17.4 Å². The van der Waals surface area contributed by atoms with Crippen LogP contribution in [-0.4, -0.2) is 44.2 Å². The lowest BCUT2D eigenvalue weighted by molar-refractivity contribution is 0.137. The van der Waals surface area contributed by atoms with Crippen LogP contribution in [0.4, 0.5) is 5.95 Å². The SMILES string of the molecule is N#CNc1nc2nc[nH]c2c(=O)[nH]1.OC1CCNCC1. The summed E-state index contributed by atoms with van der Waals surface area (Å²) < 4.78 is 0. The zero-order valence-corrected chi connectivity index (χ0v) is 10.7. The third kappa shape index (κ3) is 3.53. The number of nitrogens with one attached hydrogen (secondary N) is 4. The van der Waals surface area contributed by atoms with Crippen molar-refractivity contribution in [3.05, 3.63) is 16.7 Å². The molecule has 0 saturated carbocycles. The van der Waals surface area contributed by atoms with Crippen LogP contribution < -0.4 is 16.2 Å². The number of hydrogen-bond acceptors (Lipinski definition) is 7. The Bertz CT molecular complexity index is 651. The average molecular weight is 277 g/mol. The molecule has 2 aromatic heterocycles. The number of piperidine rings is 1. The van der Waals surface area contributed by atoms with E-state index in [1.54, 1.807) is 6.19 Å². The molecule has 9 nitrogen and oxygen atoms in total. The molecule has 1 aliphatic heterocycles. The van der Waals surface area contributed by atoms with Crippen molar-refractivity contribution in [1.29, 1.82) is 5.26 Å². The summed E-state index contributed by atoms with van der Waals surface area (Å²) in [7, 11) is 0. The first kappa shape index (κ1) is 14.0. The molecule has 1 saturated heterocycles. The summed E-state index contributed by atoms with van der Waals surface area (Å²) in [5, 5.41) is 22.5. The monoisotopic (exact) mass is 277 g/mol. The number of aromatic amines is 2. The minimum atomic E-state index is -0.361. The fourth-order valence-corrected chi connectivity index (χ4v) is 1.76. The first-order chi connectivity index (χ1) is 9.70. The van der Waals surface area contributed by atoms with E-state index in [2.05, 4.69) is 30.6 Å². The standard InChI is InChI=1S/C6H4N6O.C5H11NO/c7-1-8-6-11-4-3(5(13)12-6)9-2-10-4;7-5-1-3-6-4-2-5/h2H,(H3,8,9,10,11,12,13);5-7H,1-4H2. The van der Waals surface area contributed by atoms with Crippen LogP contribution >= 0.6 is 0 Å². The molecule has 5 N–H and O–H groups in total. The van der Waals surface area contributed by atoms with E-state index in [9.17, 15) is 4.79 Å². The van der Waals surface area contributed by atoms with Gasteiger partial charge < -0.3 is 15.4 Å². The molecule has 0 aromatic carbocycles. The first-order valence-electron chi connectivity index (χ1n) is 6.18. The van der Waals surface area contributed by atoms with Crippen LogP contribution in [0.5, 0.6) is 0 Å². The number of aliphatic hydroxyl groups excluding tert-OH is 1. The van der Waals surface area contributed by atoms with Crippen molar-refractivity contribution >= 4 is 17.1 Å². The number of hydrogen-bond donors (Lipinski definition) is 5. The normalized spacial score (nSPS) is 15.2. The molecule has 0 unspecified atom stereocenters. The molecule has 0 bridgehead atoms. The molecule has 0 atom stereocenters. The molecule has 2 aromatic rings. The zero-order valence-electron chi connectivity index (χ0n) is 10.7. The highest BCUT2D eigenvalue weighted by atomic mass is 16.3. The molecule has 0 spiro atoms. The van der Waals surface area contributed by atoms with Gasteiger partial charge in [0.2, 0.25) is 5.95 Å². The van der Waals surface area contributed by atoms with Gasteiger partial charge in [-0.3, -0.25) is 15.1 Å². The van der Waals surface area contributed by atoms with Gasteiger partial charge in [-0.2, -0.15) is 10.2 Å². The van der Waals surface area contributed by atoms with Crippen LogP contribution in [-0.2, 0) is 0 Å². The number of aliphatic hydroxyl groups is 1. The van der Waals surface area contributed by atoms with Crippen LogP contribution in [0, 0.1) is 11.5 Å². The molecule has 0 amide bonds. The maximum Gasteiger partial charge on any atom is 0.278 e. The Kier molecular flexibility index (Phi) is 4.65. The number of aromatic nitrogens is 4. The lowest BCUT2D eigenvalue weighted by atomic mass is 10.1. The van der Waals surface area contributed by atoms with E-state index < -0.39 is 0 Å². The Hall–Kier alpha value is -2.44. The second-order valence-electron chi connectivity index (χ2n) is 4.23. The number of nitrogens with zero attached hydrogens (tertiary/aromatic N) is 3. The molecule has 1 fully saturated rings. The smallest absolute Gasteiger partial charge is 0.278 e. The molecule has 3 rings (SSSR count). The van der Waals surface area contributed by atoms with Crippen LogP contribution in [0.2, 0.25) is 0 Å². The summed E-state index contributed by atoms with van der Waals surface area (Å²) in [6.45, 7) is 1.97. The van der Waals surface area contributed by atoms with Gasteiger partial charge in [-0.1, -0.05) is 0 Å². The van der Waals surface area contributed by atoms with Gasteiger partial charge in [0.1, 0.15) is 0 Å². The third-order valence-electron chi connectivity index (χ3n) is 2.78. The van der Waals surface area contributed by atoms with E-state index in [1.807, 2.05) is 0 Å². The van der Waals surface area contributed by atoms with Crippen molar-refractivity contribution in [2.45, 2.75) is 18.9 Å². The van der Waals surface area contributed by atoms with Gasteiger partial charge in [-0.05, 0) is 25.9 Å². The zero-order chi connectivity index (χ0) is 14.4. The highest BCUT2D eigenvalue weighted by Gasteiger charge is 2.07. The number of H-pyrrole nitrogens is 2. The fourth-order valence-electron chi connectivity index (χ4n) is 1.76. The summed E-state index contributed by atoms with van der Waals surface area (Å²) in [4.78, 5) is 23.9. The third-order valence-corrected chi connectivity index (χ3v) is 2.78. The van der Waals surface area contributed by atoms with Gasteiger partial charge in [-0.15, -0.1) is 0 Å². The molecule has 1 aliphatic rings. The quantitative estimate of drug-likeness (QED) is 0.341. The molecule has 9 heteroatoms. The molecule has 3 heterocycles. The van der Waals surface area contributed by atoms with Crippen LogP contribution in [0.15, 0.2) is 11.1 Å². The van der Waals surface area contributed by atoms with E-state index >= 15 is 0 Å². The van der Waals surface area contributed by atoms with Crippen molar-refractivity contribution in [3.63, 3.8) is 0 Å². The summed E-state index contributed by atoms with van der Waals surface area (Å²) in [5.41, 5.74) is 0.213. The van der Waals surface area contributed by atoms with Crippen molar-refractivity contribution < 1.29 is 5.11 Å². The van der Waals surface area contributed by atoms with Crippen molar-refractivity contribution in [3.8, 4) is 6.19 Å². The maximum absolute atomic E-state index is 11.2. The highest BCUT2D eigenvalue weighted by molar-refractivity contribution is 5.69.